The fourth-order valence-electron chi connectivity index (χ4n) is 1.43. The molecule has 3 nitrogen and oxygen atoms in total. The van der Waals surface area contributed by atoms with Crippen LogP contribution in [0.1, 0.15) is 24.9 Å². The summed E-state index contributed by atoms with van der Waals surface area (Å²) >= 11 is 0. The van der Waals surface area contributed by atoms with E-state index in [-0.39, 0.29) is 0 Å². The van der Waals surface area contributed by atoms with Crippen LogP contribution in [0.2, 0.25) is 0 Å². The van der Waals surface area contributed by atoms with Gasteiger partial charge in [-0.2, -0.15) is 0 Å². The Labute approximate surface area is 91.6 Å². The second kappa shape index (κ2) is 6.43. The first-order valence-electron chi connectivity index (χ1n) is 5.35. The van der Waals surface area contributed by atoms with Crippen molar-refractivity contribution in [2.75, 3.05) is 20.2 Å². The van der Waals surface area contributed by atoms with E-state index in [1.165, 1.54) is 5.56 Å². The number of methoxy groups -OCH3 is 1. The van der Waals surface area contributed by atoms with Crippen molar-refractivity contribution in [1.82, 2.24) is 5.32 Å². The molecule has 0 radical (unpaired) electrons. The van der Waals surface area contributed by atoms with Crippen molar-refractivity contribution in [1.29, 1.82) is 0 Å². The van der Waals surface area contributed by atoms with E-state index >= 15 is 0 Å². The maximum atomic E-state index is 5.43. The molecule has 0 aliphatic heterocycles. The number of ether oxygens (including phenoxy) is 1. The number of benzene rings is 1. The van der Waals surface area contributed by atoms with Crippen LogP contribution in [0.15, 0.2) is 24.3 Å². The van der Waals surface area contributed by atoms with Gasteiger partial charge in [0, 0.05) is 6.04 Å². The van der Waals surface area contributed by atoms with Gasteiger partial charge in [0.05, 0.1) is 7.11 Å². The molecule has 0 spiro atoms. The summed E-state index contributed by atoms with van der Waals surface area (Å²) in [6.07, 6.45) is 1.01. The molecule has 1 atom stereocenters. The largest absolute Gasteiger partial charge is 0.497 e. The van der Waals surface area contributed by atoms with Gasteiger partial charge in [0.15, 0.2) is 0 Å². The number of rotatable bonds is 6. The van der Waals surface area contributed by atoms with E-state index in [9.17, 15) is 0 Å². The zero-order valence-electron chi connectivity index (χ0n) is 9.49. The van der Waals surface area contributed by atoms with Gasteiger partial charge in [-0.15, -0.1) is 0 Å². The van der Waals surface area contributed by atoms with E-state index in [1.54, 1.807) is 7.11 Å². The van der Waals surface area contributed by atoms with Crippen LogP contribution in [0.4, 0.5) is 0 Å². The molecule has 0 saturated carbocycles. The van der Waals surface area contributed by atoms with Gasteiger partial charge < -0.3 is 15.8 Å². The normalized spacial score (nSPS) is 12.5. The van der Waals surface area contributed by atoms with Crippen molar-refractivity contribution in [3.63, 3.8) is 0 Å². The topological polar surface area (TPSA) is 47.3 Å². The molecule has 0 amide bonds. The van der Waals surface area contributed by atoms with Crippen LogP contribution < -0.4 is 15.8 Å². The molecule has 0 fully saturated rings. The third kappa shape index (κ3) is 3.90. The number of nitrogens with two attached hydrogens (primary N) is 1. The minimum absolute atomic E-state index is 0.363. The maximum Gasteiger partial charge on any atom is 0.118 e. The number of hydrogen-bond acceptors (Lipinski definition) is 3. The van der Waals surface area contributed by atoms with Crippen LogP contribution in [0.5, 0.6) is 5.75 Å². The van der Waals surface area contributed by atoms with Gasteiger partial charge in [-0.25, -0.2) is 0 Å². The molecule has 0 aliphatic rings. The monoisotopic (exact) mass is 208 g/mol. The average molecular weight is 208 g/mol. The zero-order valence-corrected chi connectivity index (χ0v) is 9.49. The molecule has 84 valence electrons. The summed E-state index contributed by atoms with van der Waals surface area (Å²) < 4.78 is 5.11. The van der Waals surface area contributed by atoms with Crippen molar-refractivity contribution in [2.24, 2.45) is 5.73 Å². The highest BCUT2D eigenvalue weighted by Gasteiger charge is 2.03. The van der Waals surface area contributed by atoms with Gasteiger partial charge in [0.2, 0.25) is 0 Å². The lowest BCUT2D eigenvalue weighted by Crippen LogP contribution is -2.21. The van der Waals surface area contributed by atoms with Crippen LogP contribution in [0, 0.1) is 0 Å². The van der Waals surface area contributed by atoms with E-state index in [2.05, 4.69) is 24.4 Å². The molecule has 0 unspecified atom stereocenters. The maximum absolute atomic E-state index is 5.43. The Morgan fingerprint density at radius 2 is 2.00 bits per heavy atom. The van der Waals surface area contributed by atoms with Crippen molar-refractivity contribution >= 4 is 0 Å². The van der Waals surface area contributed by atoms with Crippen LogP contribution in [-0.4, -0.2) is 20.2 Å². The molecule has 1 aromatic rings. The van der Waals surface area contributed by atoms with Crippen LogP contribution in [0.3, 0.4) is 0 Å². The van der Waals surface area contributed by atoms with E-state index in [4.69, 9.17) is 10.5 Å². The molecule has 1 aromatic carbocycles. The predicted molar refractivity (Wildman–Crippen MR) is 63.1 cm³/mol. The summed E-state index contributed by atoms with van der Waals surface area (Å²) in [5, 5.41) is 3.42. The molecule has 0 heterocycles. The lowest BCUT2D eigenvalue weighted by Gasteiger charge is -2.14. The Morgan fingerprint density at radius 3 is 2.53 bits per heavy atom. The highest BCUT2D eigenvalue weighted by atomic mass is 16.5. The first kappa shape index (κ1) is 12.0. The molecule has 3 N–H and O–H groups in total. The summed E-state index contributed by atoms with van der Waals surface area (Å²) in [7, 11) is 1.68. The third-order valence-electron chi connectivity index (χ3n) is 2.45. The molecular formula is C12H20N2O. The van der Waals surface area contributed by atoms with E-state index in [1.807, 2.05) is 12.1 Å². The van der Waals surface area contributed by atoms with Gasteiger partial charge in [-0.3, -0.25) is 0 Å². The molecule has 3 heteroatoms. The molecule has 0 saturated heterocycles. The van der Waals surface area contributed by atoms with E-state index < -0.39 is 0 Å². The fraction of sp³-hybridized carbons (Fsp3) is 0.500. The molecule has 0 bridgehead atoms. The van der Waals surface area contributed by atoms with Crippen LogP contribution >= 0.6 is 0 Å². The Hall–Kier alpha value is -1.06. The predicted octanol–water partition coefficient (Wildman–Crippen LogP) is 1.69. The summed E-state index contributed by atoms with van der Waals surface area (Å²) in [4.78, 5) is 0. The highest BCUT2D eigenvalue weighted by molar-refractivity contribution is 5.28. The van der Waals surface area contributed by atoms with Gasteiger partial charge in [-0.05, 0) is 44.1 Å². The standard InChI is InChI=1S/C12H20N2O/c1-10(14-9-3-8-13)11-4-6-12(15-2)7-5-11/h4-7,10,14H,3,8-9,13H2,1-2H3/t10-/m0/s1. The van der Waals surface area contributed by atoms with Crippen LogP contribution in [-0.2, 0) is 0 Å². The van der Waals surface area contributed by atoms with E-state index in [0.717, 1.165) is 25.3 Å². The Bertz CT molecular complexity index is 271. The van der Waals surface area contributed by atoms with Crippen molar-refractivity contribution in [3.8, 4) is 5.75 Å². The van der Waals surface area contributed by atoms with Gasteiger partial charge in [-0.1, -0.05) is 12.1 Å². The first-order valence-corrected chi connectivity index (χ1v) is 5.35. The number of nitrogens with one attached hydrogen (secondary N) is 1. The third-order valence-corrected chi connectivity index (χ3v) is 2.45. The van der Waals surface area contributed by atoms with Crippen LogP contribution in [0.25, 0.3) is 0 Å². The minimum Gasteiger partial charge on any atom is -0.497 e. The second-order valence-electron chi connectivity index (χ2n) is 3.59. The molecule has 0 aromatic heterocycles. The lowest BCUT2D eigenvalue weighted by atomic mass is 10.1. The molecule has 15 heavy (non-hydrogen) atoms. The lowest BCUT2D eigenvalue weighted by molar-refractivity contribution is 0.414. The first-order chi connectivity index (χ1) is 7.27. The Balaban J connectivity index is 2.46. The summed E-state index contributed by atoms with van der Waals surface area (Å²) in [6, 6.07) is 8.49. The van der Waals surface area contributed by atoms with Gasteiger partial charge in [0.25, 0.3) is 0 Å². The number of hydrogen-bond donors (Lipinski definition) is 2. The Morgan fingerprint density at radius 1 is 1.33 bits per heavy atom. The summed E-state index contributed by atoms with van der Waals surface area (Å²) in [5.74, 6) is 0.896. The average Bonchev–Trinajstić information content (AvgIpc) is 2.29. The van der Waals surface area contributed by atoms with Gasteiger partial charge >= 0.3 is 0 Å². The smallest absolute Gasteiger partial charge is 0.118 e. The minimum atomic E-state index is 0.363. The SMILES string of the molecule is COc1ccc([C@H](C)NCCCN)cc1. The van der Waals surface area contributed by atoms with Crippen molar-refractivity contribution in [2.45, 2.75) is 19.4 Å². The Kier molecular flexibility index (Phi) is 5.15. The zero-order chi connectivity index (χ0) is 11.1. The van der Waals surface area contributed by atoms with Gasteiger partial charge in [0.1, 0.15) is 5.75 Å². The summed E-state index contributed by atoms with van der Waals surface area (Å²) in [6.45, 7) is 3.85. The molecular weight excluding hydrogens is 188 g/mol. The highest BCUT2D eigenvalue weighted by Crippen LogP contribution is 2.16. The van der Waals surface area contributed by atoms with Crippen molar-refractivity contribution < 1.29 is 4.74 Å². The van der Waals surface area contributed by atoms with E-state index in [0.29, 0.717) is 6.04 Å². The second-order valence-corrected chi connectivity index (χ2v) is 3.59. The molecule has 1 rings (SSSR count). The fourth-order valence-corrected chi connectivity index (χ4v) is 1.43. The molecule has 0 aliphatic carbocycles. The summed E-state index contributed by atoms with van der Waals surface area (Å²) in [5.41, 5.74) is 6.71. The quantitative estimate of drug-likeness (QED) is 0.699. The van der Waals surface area contributed by atoms with Crippen molar-refractivity contribution in [3.05, 3.63) is 29.8 Å².